The number of hydrogen-bond donors (Lipinski definition) is 2. The van der Waals surface area contributed by atoms with Crippen LogP contribution >= 0.6 is 27.5 Å². The first-order valence-corrected chi connectivity index (χ1v) is 13.7. The summed E-state index contributed by atoms with van der Waals surface area (Å²) in [6.45, 7) is 5.93. The van der Waals surface area contributed by atoms with Crippen molar-refractivity contribution in [3.8, 4) is 0 Å². The van der Waals surface area contributed by atoms with Crippen molar-refractivity contribution >= 4 is 51.3 Å². The number of rotatable bonds is 9. The van der Waals surface area contributed by atoms with E-state index in [1.165, 1.54) is 17.0 Å². The predicted molar refractivity (Wildman–Crippen MR) is 149 cm³/mol. The summed E-state index contributed by atoms with van der Waals surface area (Å²) in [7, 11) is 0. The zero-order valence-electron chi connectivity index (χ0n) is 21.7. The van der Waals surface area contributed by atoms with Gasteiger partial charge in [0.15, 0.2) is 11.5 Å². The summed E-state index contributed by atoms with van der Waals surface area (Å²) >= 11 is 9.65. The van der Waals surface area contributed by atoms with Gasteiger partial charge in [-0.1, -0.05) is 66.5 Å². The molecule has 4 rings (SSSR count). The lowest BCUT2D eigenvalue weighted by Crippen LogP contribution is -2.47. The molecule has 0 spiro atoms. The lowest BCUT2D eigenvalue weighted by Gasteiger charge is -2.34. The molecule has 8 nitrogen and oxygen atoms in total. The lowest BCUT2D eigenvalue weighted by molar-refractivity contribution is -0.148. The number of ether oxygens (including phenoxy) is 1. The van der Waals surface area contributed by atoms with Crippen LogP contribution in [-0.4, -0.2) is 35.3 Å². The van der Waals surface area contributed by atoms with Gasteiger partial charge in [-0.05, 0) is 66.0 Å². The lowest BCUT2D eigenvalue weighted by atomic mass is 9.75. The fourth-order valence-electron chi connectivity index (χ4n) is 4.85. The third-order valence-electron chi connectivity index (χ3n) is 6.74. The smallest absolute Gasteiger partial charge is 0.306 e. The van der Waals surface area contributed by atoms with Gasteiger partial charge in [0.25, 0.3) is 5.91 Å². The van der Waals surface area contributed by atoms with Crippen molar-refractivity contribution in [3.63, 3.8) is 0 Å². The number of carbonyl (C=O) groups excluding carboxylic acids is 3. The van der Waals surface area contributed by atoms with E-state index < -0.39 is 17.5 Å². The molecule has 1 heterocycles. The third-order valence-corrected chi connectivity index (χ3v) is 7.60. The van der Waals surface area contributed by atoms with Crippen LogP contribution in [0.15, 0.2) is 51.9 Å². The predicted octanol–water partition coefficient (Wildman–Crippen LogP) is 5.07. The molecule has 0 aromatic heterocycles. The van der Waals surface area contributed by atoms with Crippen molar-refractivity contribution in [1.82, 2.24) is 4.90 Å². The van der Waals surface area contributed by atoms with Gasteiger partial charge < -0.3 is 16.2 Å². The first kappa shape index (κ1) is 28.1. The molecule has 2 amide bonds. The maximum absolute atomic E-state index is 14.4. The van der Waals surface area contributed by atoms with Crippen LogP contribution in [0.4, 0.5) is 0 Å². The number of hydrogen-bond acceptors (Lipinski definition) is 6. The van der Waals surface area contributed by atoms with Crippen LogP contribution in [0.1, 0.15) is 74.0 Å². The molecule has 0 saturated heterocycles. The number of esters is 1. The minimum absolute atomic E-state index is 0.000913. The van der Waals surface area contributed by atoms with Crippen LogP contribution in [0.25, 0.3) is 0 Å². The van der Waals surface area contributed by atoms with E-state index in [1.807, 2.05) is 45.0 Å². The van der Waals surface area contributed by atoms with Crippen molar-refractivity contribution in [2.24, 2.45) is 27.8 Å². The van der Waals surface area contributed by atoms with Gasteiger partial charge in [0.1, 0.15) is 6.61 Å². The zero-order chi connectivity index (χ0) is 27.8. The summed E-state index contributed by atoms with van der Waals surface area (Å²) in [5, 5.41) is 0.178. The number of primary amides is 1. The monoisotopic (exact) mass is 602 g/mol. The van der Waals surface area contributed by atoms with Gasteiger partial charge in [0, 0.05) is 10.9 Å². The Morgan fingerprint density at radius 1 is 1.21 bits per heavy atom. The molecule has 2 aromatic rings. The van der Waals surface area contributed by atoms with Gasteiger partial charge in [-0.15, -0.1) is 0 Å². The molecule has 1 aliphatic carbocycles. The zero-order valence-corrected chi connectivity index (χ0v) is 24.0. The quantitative estimate of drug-likeness (QED) is 0.387. The average Bonchev–Trinajstić information content (AvgIpc) is 3.60. The first-order valence-electron chi connectivity index (χ1n) is 12.5. The van der Waals surface area contributed by atoms with Gasteiger partial charge in [-0.2, -0.15) is 0 Å². The Bertz CT molecular complexity index is 1290. The van der Waals surface area contributed by atoms with E-state index in [-0.39, 0.29) is 40.4 Å². The normalized spacial score (nSPS) is 20.3. The minimum Gasteiger partial charge on any atom is -0.463 e. The van der Waals surface area contributed by atoms with Crippen molar-refractivity contribution in [3.05, 3.63) is 68.7 Å². The van der Waals surface area contributed by atoms with E-state index in [0.29, 0.717) is 29.9 Å². The number of guanidine groups is 1. The van der Waals surface area contributed by atoms with Crippen LogP contribution in [-0.2, 0) is 19.9 Å². The molecule has 1 fully saturated rings. The van der Waals surface area contributed by atoms with Crippen molar-refractivity contribution in [2.45, 2.75) is 58.0 Å². The summed E-state index contributed by atoms with van der Waals surface area (Å²) in [5.74, 6) is -1.06. The van der Waals surface area contributed by atoms with Gasteiger partial charge in [0.05, 0.1) is 16.6 Å². The van der Waals surface area contributed by atoms with E-state index in [9.17, 15) is 14.4 Å². The molecular formula is C28H32BrClN4O4. The molecule has 10 heteroatoms. The van der Waals surface area contributed by atoms with Gasteiger partial charge in [0.2, 0.25) is 5.91 Å². The molecule has 2 aromatic carbocycles. The minimum atomic E-state index is -1.28. The highest BCUT2D eigenvalue weighted by Gasteiger charge is 2.53. The highest BCUT2D eigenvalue weighted by molar-refractivity contribution is 9.10. The number of nitrogens with two attached hydrogens (primary N) is 2. The van der Waals surface area contributed by atoms with Gasteiger partial charge in [-0.3, -0.25) is 19.3 Å². The summed E-state index contributed by atoms with van der Waals surface area (Å²) in [5.41, 5.74) is 11.7. The second-order valence-electron chi connectivity index (χ2n) is 11.2. The second kappa shape index (κ2) is 10.7. The molecule has 2 atom stereocenters. The van der Waals surface area contributed by atoms with Crippen LogP contribution in [0.3, 0.4) is 0 Å². The average molecular weight is 604 g/mol. The third kappa shape index (κ3) is 6.04. The number of amides is 2. The Kier molecular flexibility index (Phi) is 7.91. The van der Waals surface area contributed by atoms with E-state index in [0.717, 1.165) is 17.3 Å². The molecular weight excluding hydrogens is 572 g/mol. The van der Waals surface area contributed by atoms with Crippen LogP contribution in [0, 0.1) is 11.3 Å². The Morgan fingerprint density at radius 2 is 1.87 bits per heavy atom. The molecule has 1 saturated carbocycles. The highest BCUT2D eigenvalue weighted by Crippen LogP contribution is 2.45. The van der Waals surface area contributed by atoms with Crippen molar-refractivity contribution < 1.29 is 19.1 Å². The number of nitrogens with zero attached hydrogens (tertiary/aromatic N) is 2. The Balaban J connectivity index is 1.77. The molecule has 0 radical (unpaired) electrons. The molecule has 0 bridgehead atoms. The molecule has 38 heavy (non-hydrogen) atoms. The SMILES string of the molecule is CC(C)(C)C[C@]1(c2ccc(Br)cc2)N=C(N)N([C@H](COC(=O)CC2CC2)c2ccc(Cl)c(C(N)=O)c2)C1=O. The number of carbonyl (C=O) groups is 3. The molecule has 4 N–H and O–H groups in total. The van der Waals surface area contributed by atoms with Crippen LogP contribution in [0.5, 0.6) is 0 Å². The van der Waals surface area contributed by atoms with E-state index in [4.69, 9.17) is 32.8 Å². The van der Waals surface area contributed by atoms with Crippen LogP contribution in [0.2, 0.25) is 5.02 Å². The van der Waals surface area contributed by atoms with Crippen molar-refractivity contribution in [1.29, 1.82) is 0 Å². The Hall–Kier alpha value is -2.91. The van der Waals surface area contributed by atoms with E-state index in [1.54, 1.807) is 6.07 Å². The highest BCUT2D eigenvalue weighted by atomic mass is 79.9. The van der Waals surface area contributed by atoms with E-state index >= 15 is 0 Å². The fourth-order valence-corrected chi connectivity index (χ4v) is 5.32. The summed E-state index contributed by atoms with van der Waals surface area (Å²) < 4.78 is 6.51. The number of halogens is 2. The topological polar surface area (TPSA) is 128 Å². The number of aliphatic imine (C=N–C) groups is 1. The Morgan fingerprint density at radius 3 is 2.45 bits per heavy atom. The fraction of sp³-hybridized carbons (Fsp3) is 0.429. The maximum atomic E-state index is 14.4. The molecule has 1 aliphatic heterocycles. The molecule has 202 valence electrons. The standard InChI is InChI=1S/C28H32BrClN4O4/c1-27(2,3)15-28(18-7-9-19(29)10-8-18)25(37)34(26(32)33-28)22(14-38-23(35)12-16-4-5-16)17-6-11-21(30)20(13-17)24(31)36/h6-11,13,16,22H,4-5,12,14-15H2,1-3H3,(H2,31,36)(H2,32,33)/t22-,28-/m1/s1. The summed E-state index contributed by atoms with van der Waals surface area (Å²) in [6.07, 6.45) is 2.72. The summed E-state index contributed by atoms with van der Waals surface area (Å²) in [4.78, 5) is 45.1. The van der Waals surface area contributed by atoms with E-state index in [2.05, 4.69) is 15.9 Å². The summed E-state index contributed by atoms with van der Waals surface area (Å²) in [6, 6.07) is 11.3. The van der Waals surface area contributed by atoms with Crippen molar-refractivity contribution in [2.75, 3.05) is 6.61 Å². The maximum Gasteiger partial charge on any atom is 0.306 e. The molecule has 0 unspecified atom stereocenters. The Labute approximate surface area is 235 Å². The second-order valence-corrected chi connectivity index (χ2v) is 12.5. The first-order chi connectivity index (χ1) is 17.8. The largest absolute Gasteiger partial charge is 0.463 e. The molecule has 2 aliphatic rings. The van der Waals surface area contributed by atoms with Crippen LogP contribution < -0.4 is 11.5 Å². The number of benzene rings is 2. The van der Waals surface area contributed by atoms with Gasteiger partial charge >= 0.3 is 5.97 Å². The van der Waals surface area contributed by atoms with Gasteiger partial charge in [-0.25, -0.2) is 4.99 Å².